The zero-order chi connectivity index (χ0) is 25.2. The van der Waals surface area contributed by atoms with E-state index in [-0.39, 0.29) is 37.2 Å². The van der Waals surface area contributed by atoms with Crippen LogP contribution >= 0.6 is 0 Å². The predicted molar refractivity (Wildman–Crippen MR) is 135 cm³/mol. The summed E-state index contributed by atoms with van der Waals surface area (Å²) >= 11 is 0. The maximum absolute atomic E-state index is 13.0. The number of hydrogen-bond donors (Lipinski definition) is 2. The molecule has 7 heteroatoms. The van der Waals surface area contributed by atoms with E-state index >= 15 is 0 Å². The predicted octanol–water partition coefficient (Wildman–Crippen LogP) is 4.44. The SMILES string of the molecule is CCCCC[C@@H](CC(=O)[C@@H](CNC)NC(=O)OCC1c2ccccc2-c2ccccc21)C(=O)OC. The summed E-state index contributed by atoms with van der Waals surface area (Å²) < 4.78 is 10.5. The van der Waals surface area contributed by atoms with Gasteiger partial charge in [-0.05, 0) is 35.7 Å². The van der Waals surface area contributed by atoms with Crippen LogP contribution in [-0.4, -0.2) is 51.2 Å². The first-order chi connectivity index (χ1) is 17.0. The highest BCUT2D eigenvalue weighted by molar-refractivity contribution is 5.90. The van der Waals surface area contributed by atoms with E-state index in [4.69, 9.17) is 9.47 Å². The molecule has 0 radical (unpaired) electrons. The zero-order valence-electron chi connectivity index (χ0n) is 20.8. The third-order valence-corrected chi connectivity index (χ3v) is 6.57. The smallest absolute Gasteiger partial charge is 0.407 e. The van der Waals surface area contributed by atoms with Gasteiger partial charge in [-0.1, -0.05) is 74.7 Å². The van der Waals surface area contributed by atoms with Gasteiger partial charge in [0.05, 0.1) is 13.0 Å². The topological polar surface area (TPSA) is 93.7 Å². The molecule has 188 valence electrons. The number of carbonyl (C=O) groups excluding carboxylic acids is 3. The molecular weight excluding hydrogens is 444 g/mol. The van der Waals surface area contributed by atoms with Crippen LogP contribution in [0.3, 0.4) is 0 Å². The number of hydrogen-bond acceptors (Lipinski definition) is 6. The van der Waals surface area contributed by atoms with E-state index in [0.29, 0.717) is 6.42 Å². The van der Waals surface area contributed by atoms with Gasteiger partial charge in [0.15, 0.2) is 5.78 Å². The quantitative estimate of drug-likeness (QED) is 0.325. The van der Waals surface area contributed by atoms with Gasteiger partial charge in [0, 0.05) is 18.9 Å². The number of rotatable bonds is 13. The normalized spacial score (nSPS) is 13.9. The highest BCUT2D eigenvalue weighted by Gasteiger charge is 2.31. The Morgan fingerprint density at radius 3 is 2.17 bits per heavy atom. The number of likely N-dealkylation sites (N-methyl/N-ethyl adjacent to an activating group) is 1. The van der Waals surface area contributed by atoms with Gasteiger partial charge in [-0.3, -0.25) is 9.59 Å². The fraction of sp³-hybridized carbons (Fsp3) is 0.464. The van der Waals surface area contributed by atoms with Crippen molar-refractivity contribution >= 4 is 17.8 Å². The van der Waals surface area contributed by atoms with E-state index in [2.05, 4.69) is 41.8 Å². The fourth-order valence-electron chi connectivity index (χ4n) is 4.73. The van der Waals surface area contributed by atoms with E-state index in [1.54, 1.807) is 7.05 Å². The Morgan fingerprint density at radius 1 is 0.971 bits per heavy atom. The molecule has 0 fully saturated rings. The minimum atomic E-state index is -0.797. The first-order valence-corrected chi connectivity index (χ1v) is 12.4. The molecule has 0 saturated carbocycles. The average molecular weight is 481 g/mol. The first kappa shape index (κ1) is 26.4. The van der Waals surface area contributed by atoms with Gasteiger partial charge in [0.1, 0.15) is 12.6 Å². The van der Waals surface area contributed by atoms with E-state index in [0.717, 1.165) is 41.5 Å². The lowest BCUT2D eigenvalue weighted by molar-refractivity contribution is -0.147. The molecule has 35 heavy (non-hydrogen) atoms. The molecule has 0 bridgehead atoms. The number of unbranched alkanes of at least 4 members (excludes halogenated alkanes) is 2. The maximum atomic E-state index is 13.0. The number of amides is 1. The van der Waals surface area contributed by atoms with Crippen molar-refractivity contribution in [3.63, 3.8) is 0 Å². The molecule has 2 aromatic rings. The number of fused-ring (bicyclic) bond motifs is 3. The summed E-state index contributed by atoms with van der Waals surface area (Å²) in [5.74, 6) is -1.19. The number of ketones is 1. The molecule has 1 amide bonds. The fourth-order valence-corrected chi connectivity index (χ4v) is 4.73. The first-order valence-electron chi connectivity index (χ1n) is 12.4. The Morgan fingerprint density at radius 2 is 1.60 bits per heavy atom. The van der Waals surface area contributed by atoms with Crippen LogP contribution in [0.2, 0.25) is 0 Å². The van der Waals surface area contributed by atoms with Crippen molar-refractivity contribution in [3.8, 4) is 11.1 Å². The molecule has 1 aliphatic rings. The van der Waals surface area contributed by atoms with Crippen molar-refractivity contribution in [1.29, 1.82) is 0 Å². The molecule has 0 unspecified atom stereocenters. The number of Topliss-reactive ketones (excluding diaryl/α,β-unsaturated/α-hetero) is 1. The van der Waals surface area contributed by atoms with E-state index in [1.807, 2.05) is 24.3 Å². The van der Waals surface area contributed by atoms with Crippen molar-refractivity contribution in [1.82, 2.24) is 10.6 Å². The monoisotopic (exact) mass is 480 g/mol. The van der Waals surface area contributed by atoms with Crippen molar-refractivity contribution < 1.29 is 23.9 Å². The number of nitrogens with one attached hydrogen (secondary N) is 2. The van der Waals surface area contributed by atoms with Crippen LogP contribution in [0.4, 0.5) is 4.79 Å². The van der Waals surface area contributed by atoms with Gasteiger partial charge < -0.3 is 20.1 Å². The van der Waals surface area contributed by atoms with Crippen LogP contribution < -0.4 is 10.6 Å². The number of benzene rings is 2. The van der Waals surface area contributed by atoms with Gasteiger partial charge in [-0.25, -0.2) is 4.79 Å². The molecule has 1 aliphatic carbocycles. The number of methoxy groups -OCH3 is 1. The molecule has 0 heterocycles. The summed E-state index contributed by atoms with van der Waals surface area (Å²) in [6.45, 7) is 2.49. The summed E-state index contributed by atoms with van der Waals surface area (Å²) in [5, 5.41) is 5.63. The second-order valence-corrected chi connectivity index (χ2v) is 8.97. The number of ether oxygens (including phenoxy) is 2. The van der Waals surface area contributed by atoms with Crippen LogP contribution in [0.15, 0.2) is 48.5 Å². The molecule has 0 aromatic heterocycles. The molecule has 2 atom stereocenters. The third-order valence-electron chi connectivity index (χ3n) is 6.57. The average Bonchev–Trinajstić information content (AvgIpc) is 3.20. The molecule has 2 aromatic carbocycles. The van der Waals surface area contributed by atoms with Gasteiger partial charge in [-0.2, -0.15) is 0 Å². The van der Waals surface area contributed by atoms with Crippen molar-refractivity contribution in [2.24, 2.45) is 5.92 Å². The van der Waals surface area contributed by atoms with Gasteiger partial charge in [-0.15, -0.1) is 0 Å². The van der Waals surface area contributed by atoms with Crippen molar-refractivity contribution in [2.45, 2.75) is 51.0 Å². The molecule has 0 spiro atoms. The van der Waals surface area contributed by atoms with Crippen LogP contribution in [-0.2, 0) is 19.1 Å². The zero-order valence-corrected chi connectivity index (χ0v) is 20.8. The van der Waals surface area contributed by atoms with Gasteiger partial charge >= 0.3 is 12.1 Å². The molecule has 2 N–H and O–H groups in total. The standard InChI is InChI=1S/C28H36N2O5/c1-4-5-6-11-19(27(32)34-3)16-26(31)25(17-29-2)30-28(33)35-18-24-22-14-9-7-12-20(22)21-13-8-10-15-23(21)24/h7-10,12-15,19,24-25,29H,4-6,11,16-18H2,1-3H3,(H,30,33)/t19-,25+/m0/s1. The molecule has 0 aliphatic heterocycles. The summed E-state index contributed by atoms with van der Waals surface area (Å²) in [7, 11) is 3.04. The largest absolute Gasteiger partial charge is 0.469 e. The summed E-state index contributed by atoms with van der Waals surface area (Å²) in [5.41, 5.74) is 4.55. The Balaban J connectivity index is 1.62. The Labute approximate surface area is 207 Å². The van der Waals surface area contributed by atoms with Crippen LogP contribution in [0.1, 0.15) is 56.1 Å². The van der Waals surface area contributed by atoms with E-state index < -0.39 is 18.1 Å². The Hall–Kier alpha value is -3.19. The number of carbonyl (C=O) groups is 3. The minimum absolute atomic E-state index is 0.0202. The van der Waals surface area contributed by atoms with E-state index in [1.165, 1.54) is 7.11 Å². The summed E-state index contributed by atoms with van der Waals surface area (Å²) in [6.07, 6.45) is 2.81. The van der Waals surface area contributed by atoms with Crippen molar-refractivity contribution in [3.05, 3.63) is 59.7 Å². The molecule has 7 nitrogen and oxygen atoms in total. The Bertz CT molecular complexity index is 976. The lowest BCUT2D eigenvalue weighted by Crippen LogP contribution is -2.47. The summed E-state index contributed by atoms with van der Waals surface area (Å²) in [4.78, 5) is 37.9. The van der Waals surface area contributed by atoms with Gasteiger partial charge in [0.2, 0.25) is 0 Å². The van der Waals surface area contributed by atoms with Crippen LogP contribution in [0.25, 0.3) is 11.1 Å². The van der Waals surface area contributed by atoms with Gasteiger partial charge in [0.25, 0.3) is 0 Å². The Kier molecular flexibility index (Phi) is 9.85. The lowest BCUT2D eigenvalue weighted by Gasteiger charge is -2.21. The van der Waals surface area contributed by atoms with Crippen LogP contribution in [0.5, 0.6) is 0 Å². The van der Waals surface area contributed by atoms with E-state index in [9.17, 15) is 14.4 Å². The molecule has 0 saturated heterocycles. The minimum Gasteiger partial charge on any atom is -0.469 e. The molecular formula is C28H36N2O5. The number of esters is 1. The molecule has 3 rings (SSSR count). The third kappa shape index (κ3) is 6.69. The van der Waals surface area contributed by atoms with Crippen molar-refractivity contribution in [2.75, 3.05) is 27.3 Å². The number of alkyl carbamates (subject to hydrolysis) is 1. The second kappa shape index (κ2) is 13.0. The maximum Gasteiger partial charge on any atom is 0.407 e. The summed E-state index contributed by atoms with van der Waals surface area (Å²) in [6, 6.07) is 15.4. The second-order valence-electron chi connectivity index (χ2n) is 8.97. The lowest BCUT2D eigenvalue weighted by atomic mass is 9.93. The van der Waals surface area contributed by atoms with Crippen LogP contribution in [0, 0.1) is 5.92 Å². The highest BCUT2D eigenvalue weighted by Crippen LogP contribution is 2.44. The highest BCUT2D eigenvalue weighted by atomic mass is 16.5.